The molecule has 0 bridgehead atoms. The van der Waals surface area contributed by atoms with Gasteiger partial charge in [-0.05, 0) is 77.0 Å². The van der Waals surface area contributed by atoms with Crippen LogP contribution in [0.25, 0.3) is 0 Å². The summed E-state index contributed by atoms with van der Waals surface area (Å²) in [4.78, 5) is 38.1. The number of esters is 3. The molecule has 0 aromatic carbocycles. The normalized spacial score (nSPS) is 12.2. The summed E-state index contributed by atoms with van der Waals surface area (Å²) in [6, 6.07) is 0. The van der Waals surface area contributed by atoms with Gasteiger partial charge >= 0.3 is 17.9 Å². The number of hydrogen-bond donors (Lipinski definition) is 0. The van der Waals surface area contributed by atoms with E-state index in [1.807, 2.05) is 0 Å². The lowest BCUT2D eigenvalue weighted by Gasteiger charge is -2.18. The van der Waals surface area contributed by atoms with Gasteiger partial charge in [-0.25, -0.2) is 0 Å². The minimum atomic E-state index is -0.771. The summed E-state index contributed by atoms with van der Waals surface area (Å²) in [6.07, 6.45) is 77.7. The minimum absolute atomic E-state index is 0.0702. The van der Waals surface area contributed by atoms with Crippen molar-refractivity contribution in [2.45, 2.75) is 367 Å². The maximum atomic E-state index is 12.8. The predicted octanol–water partition coefficient (Wildman–Crippen LogP) is 22.4. The van der Waals surface area contributed by atoms with Gasteiger partial charge in [0.1, 0.15) is 13.2 Å². The summed E-state index contributed by atoms with van der Waals surface area (Å²) >= 11 is 0. The van der Waals surface area contributed by atoms with Crippen molar-refractivity contribution in [3.05, 3.63) is 36.5 Å². The monoisotopic (exact) mass is 1040 g/mol. The second-order valence-electron chi connectivity index (χ2n) is 22.4. The smallest absolute Gasteiger partial charge is 0.306 e. The van der Waals surface area contributed by atoms with Crippen LogP contribution in [0.15, 0.2) is 36.5 Å². The third kappa shape index (κ3) is 60.5. The van der Waals surface area contributed by atoms with Crippen LogP contribution in [0.5, 0.6) is 0 Å². The van der Waals surface area contributed by atoms with E-state index < -0.39 is 6.10 Å². The van der Waals surface area contributed by atoms with E-state index in [4.69, 9.17) is 14.2 Å². The van der Waals surface area contributed by atoms with Gasteiger partial charge in [0.15, 0.2) is 6.10 Å². The molecule has 6 heteroatoms. The molecule has 0 spiro atoms. The number of allylic oxidation sites excluding steroid dienone is 6. The molecular weight excluding hydrogens is 913 g/mol. The van der Waals surface area contributed by atoms with Crippen LogP contribution in [-0.2, 0) is 28.6 Å². The quantitative estimate of drug-likeness (QED) is 0.0261. The lowest BCUT2D eigenvalue weighted by atomic mass is 10.0. The standard InChI is InChI=1S/C68H126O6/c1-4-7-10-13-16-19-21-23-25-26-27-28-29-30-31-32-33-34-35-36-37-38-39-40-41-42-44-45-47-49-52-55-58-61-67(70)73-64-65(63-72-66(69)60-57-54-51-18-15-12-9-6-3)74-68(71)62-59-56-53-50-48-46-43-24-22-20-17-14-11-8-5-2/h21,23-24,26-27,43,65H,4-20,22,25,28-42,44-64H2,1-3H3/b23-21-,27-26-,43-24-. The molecule has 1 atom stereocenters. The lowest BCUT2D eigenvalue weighted by molar-refractivity contribution is -0.167. The van der Waals surface area contributed by atoms with Gasteiger partial charge < -0.3 is 14.2 Å². The van der Waals surface area contributed by atoms with E-state index in [-0.39, 0.29) is 31.1 Å². The first kappa shape index (κ1) is 71.6. The number of hydrogen-bond acceptors (Lipinski definition) is 6. The molecule has 0 fully saturated rings. The Bertz CT molecular complexity index is 1240. The van der Waals surface area contributed by atoms with E-state index in [0.29, 0.717) is 19.3 Å². The molecule has 0 aliphatic carbocycles. The third-order valence-electron chi connectivity index (χ3n) is 14.9. The summed E-state index contributed by atoms with van der Waals surface area (Å²) in [6.45, 7) is 6.63. The summed E-state index contributed by atoms with van der Waals surface area (Å²) in [5, 5.41) is 0. The van der Waals surface area contributed by atoms with Crippen molar-refractivity contribution in [2.24, 2.45) is 0 Å². The summed E-state index contributed by atoms with van der Waals surface area (Å²) < 4.78 is 16.8. The van der Waals surface area contributed by atoms with Crippen LogP contribution < -0.4 is 0 Å². The Balaban J connectivity index is 3.98. The van der Waals surface area contributed by atoms with E-state index in [0.717, 1.165) is 70.6 Å². The van der Waals surface area contributed by atoms with Crippen LogP contribution in [0, 0.1) is 0 Å². The van der Waals surface area contributed by atoms with Crippen molar-refractivity contribution in [3.63, 3.8) is 0 Å². The summed E-state index contributed by atoms with van der Waals surface area (Å²) in [5.74, 6) is -0.862. The highest BCUT2D eigenvalue weighted by molar-refractivity contribution is 5.71. The van der Waals surface area contributed by atoms with Gasteiger partial charge in [0.25, 0.3) is 0 Å². The van der Waals surface area contributed by atoms with E-state index in [2.05, 4.69) is 57.2 Å². The molecule has 0 aromatic heterocycles. The van der Waals surface area contributed by atoms with Gasteiger partial charge in [0, 0.05) is 19.3 Å². The Morgan fingerprint density at radius 1 is 0.270 bits per heavy atom. The van der Waals surface area contributed by atoms with E-state index in [1.165, 1.54) is 250 Å². The van der Waals surface area contributed by atoms with Crippen molar-refractivity contribution in [1.29, 1.82) is 0 Å². The van der Waals surface area contributed by atoms with E-state index in [9.17, 15) is 14.4 Å². The second kappa shape index (κ2) is 63.2. The molecule has 1 unspecified atom stereocenters. The highest BCUT2D eigenvalue weighted by Crippen LogP contribution is 2.18. The molecule has 6 nitrogen and oxygen atoms in total. The third-order valence-corrected chi connectivity index (χ3v) is 14.9. The molecule has 0 rings (SSSR count). The number of carbonyl (C=O) groups excluding carboxylic acids is 3. The van der Waals surface area contributed by atoms with Crippen LogP contribution in [-0.4, -0.2) is 37.2 Å². The highest BCUT2D eigenvalue weighted by Gasteiger charge is 2.19. The van der Waals surface area contributed by atoms with Gasteiger partial charge in [-0.2, -0.15) is 0 Å². The highest BCUT2D eigenvalue weighted by atomic mass is 16.6. The molecule has 0 aromatic rings. The fraction of sp³-hybridized carbons (Fsp3) is 0.868. The molecule has 0 aliphatic heterocycles. The molecule has 0 aliphatic rings. The van der Waals surface area contributed by atoms with Gasteiger partial charge in [0.05, 0.1) is 0 Å². The average molecular weight is 1040 g/mol. The van der Waals surface area contributed by atoms with Gasteiger partial charge in [-0.1, -0.05) is 301 Å². The minimum Gasteiger partial charge on any atom is -0.462 e. The molecule has 0 heterocycles. The first-order valence-electron chi connectivity index (χ1n) is 33.0. The first-order valence-corrected chi connectivity index (χ1v) is 33.0. The van der Waals surface area contributed by atoms with Crippen molar-refractivity contribution in [1.82, 2.24) is 0 Å². The largest absolute Gasteiger partial charge is 0.462 e. The maximum Gasteiger partial charge on any atom is 0.306 e. The molecule has 434 valence electrons. The van der Waals surface area contributed by atoms with Crippen LogP contribution in [0.4, 0.5) is 0 Å². The van der Waals surface area contributed by atoms with Crippen LogP contribution >= 0.6 is 0 Å². The Labute approximate surface area is 461 Å². The van der Waals surface area contributed by atoms with E-state index in [1.54, 1.807) is 0 Å². The fourth-order valence-corrected chi connectivity index (χ4v) is 9.88. The van der Waals surface area contributed by atoms with E-state index >= 15 is 0 Å². The summed E-state index contributed by atoms with van der Waals surface area (Å²) in [7, 11) is 0. The zero-order chi connectivity index (χ0) is 53.6. The molecule has 0 N–H and O–H groups in total. The number of rotatable bonds is 61. The molecule has 74 heavy (non-hydrogen) atoms. The Morgan fingerprint density at radius 3 is 0.757 bits per heavy atom. The van der Waals surface area contributed by atoms with Crippen molar-refractivity contribution >= 4 is 17.9 Å². The average Bonchev–Trinajstić information content (AvgIpc) is 3.40. The van der Waals surface area contributed by atoms with Crippen LogP contribution in [0.2, 0.25) is 0 Å². The van der Waals surface area contributed by atoms with Crippen molar-refractivity contribution in [3.8, 4) is 0 Å². The predicted molar refractivity (Wildman–Crippen MR) is 321 cm³/mol. The van der Waals surface area contributed by atoms with Crippen LogP contribution in [0.3, 0.4) is 0 Å². The summed E-state index contributed by atoms with van der Waals surface area (Å²) in [5.41, 5.74) is 0. The van der Waals surface area contributed by atoms with Gasteiger partial charge in [-0.15, -0.1) is 0 Å². The maximum absolute atomic E-state index is 12.8. The zero-order valence-corrected chi connectivity index (χ0v) is 49.9. The zero-order valence-electron chi connectivity index (χ0n) is 49.9. The topological polar surface area (TPSA) is 78.9 Å². The van der Waals surface area contributed by atoms with Gasteiger partial charge in [0.2, 0.25) is 0 Å². The molecule has 0 amide bonds. The SMILES string of the molecule is CCCCCCC/C=C\C/C=C\CCCCCCCCCCCCCCCCCCCCCCCC(=O)OCC(COC(=O)CCCCCCCCCC)OC(=O)CCCCCCC/C=C\CCCCCCCC. The lowest BCUT2D eigenvalue weighted by Crippen LogP contribution is -2.30. The number of ether oxygens (including phenoxy) is 3. The Kier molecular flexibility index (Phi) is 61.1. The molecule has 0 saturated carbocycles. The first-order chi connectivity index (χ1) is 36.5. The van der Waals surface area contributed by atoms with Crippen LogP contribution in [0.1, 0.15) is 361 Å². The molecular formula is C68H126O6. The molecule has 0 radical (unpaired) electrons. The fourth-order valence-electron chi connectivity index (χ4n) is 9.88. The number of unbranched alkanes of at least 4 members (excludes halogenated alkanes) is 44. The second-order valence-corrected chi connectivity index (χ2v) is 22.4. The molecule has 0 saturated heterocycles. The Morgan fingerprint density at radius 2 is 0.486 bits per heavy atom. The number of carbonyl (C=O) groups is 3. The van der Waals surface area contributed by atoms with Gasteiger partial charge in [-0.3, -0.25) is 14.4 Å². The van der Waals surface area contributed by atoms with Crippen molar-refractivity contribution in [2.75, 3.05) is 13.2 Å². The Hall–Kier alpha value is -2.37. The van der Waals surface area contributed by atoms with Crippen molar-refractivity contribution < 1.29 is 28.6 Å².